The van der Waals surface area contributed by atoms with Crippen LogP contribution in [0, 0.1) is 10.1 Å². The van der Waals surface area contributed by atoms with E-state index in [9.17, 15) is 23.3 Å². The topological polar surface area (TPSA) is 91.6 Å². The van der Waals surface area contributed by atoms with Gasteiger partial charge in [0.2, 0.25) is 0 Å². The first-order valence-corrected chi connectivity index (χ1v) is 7.85. The smallest absolute Gasteiger partial charge is 0.383 e. The van der Waals surface area contributed by atoms with Crippen LogP contribution < -0.4 is 16.1 Å². The number of hydrogen-bond acceptors (Lipinski definition) is 5. The first-order valence-electron chi connectivity index (χ1n) is 7.44. The minimum Gasteiger partial charge on any atom is -0.383 e. The van der Waals surface area contributed by atoms with Gasteiger partial charge in [0, 0.05) is 24.4 Å². The fraction of sp³-hybridized carbons (Fsp3) is 0.125. The highest BCUT2D eigenvalue weighted by molar-refractivity contribution is 7.80. The normalized spacial score (nSPS) is 11.3. The number of thiocarbonyl (C=S) groups is 1. The Hall–Kier alpha value is -3.21. The van der Waals surface area contributed by atoms with Gasteiger partial charge < -0.3 is 10.6 Å². The van der Waals surface area contributed by atoms with Gasteiger partial charge in [0.15, 0.2) is 5.11 Å². The van der Waals surface area contributed by atoms with Crippen LogP contribution in [0.15, 0.2) is 47.6 Å². The molecule has 2 rings (SSSR count). The summed E-state index contributed by atoms with van der Waals surface area (Å²) in [6.45, 7) is 0. The molecule has 0 unspecified atom stereocenters. The van der Waals surface area contributed by atoms with Gasteiger partial charge in [-0.25, -0.2) is 0 Å². The summed E-state index contributed by atoms with van der Waals surface area (Å²) in [6.07, 6.45) is -3.16. The standard InChI is InChI=1S/C16H14F3N5O2S/c1-20-13-6-5-10(7-14(13)24(25)26)9-21-23-15(27)22-12-4-2-3-11(8-12)16(17,18)19/h2-9,20H,1H3,(H2,22,23,27)/b21-9+. The third-order valence-electron chi connectivity index (χ3n) is 3.32. The zero-order chi connectivity index (χ0) is 20.0. The fourth-order valence-corrected chi connectivity index (χ4v) is 2.26. The van der Waals surface area contributed by atoms with Gasteiger partial charge in [-0.05, 0) is 36.5 Å². The third kappa shape index (κ3) is 5.64. The molecule has 0 bridgehead atoms. The second-order valence-corrected chi connectivity index (χ2v) is 5.59. The van der Waals surface area contributed by atoms with E-state index in [0.29, 0.717) is 11.3 Å². The molecule has 0 saturated carbocycles. The Kier molecular flexibility index (Phi) is 6.29. The molecule has 2 aromatic rings. The van der Waals surface area contributed by atoms with E-state index in [4.69, 9.17) is 12.2 Å². The molecule has 2 aromatic carbocycles. The van der Waals surface area contributed by atoms with Gasteiger partial charge >= 0.3 is 6.18 Å². The van der Waals surface area contributed by atoms with Crippen molar-refractivity contribution in [1.82, 2.24) is 5.43 Å². The van der Waals surface area contributed by atoms with Crippen molar-refractivity contribution < 1.29 is 18.1 Å². The molecule has 27 heavy (non-hydrogen) atoms. The highest BCUT2D eigenvalue weighted by Gasteiger charge is 2.30. The summed E-state index contributed by atoms with van der Waals surface area (Å²) < 4.78 is 38.1. The van der Waals surface area contributed by atoms with Crippen LogP contribution in [0.25, 0.3) is 0 Å². The fourth-order valence-electron chi connectivity index (χ4n) is 2.09. The maximum atomic E-state index is 12.7. The molecule has 0 spiro atoms. The van der Waals surface area contributed by atoms with Crippen LogP contribution in [-0.4, -0.2) is 23.3 Å². The number of hydrazone groups is 1. The van der Waals surface area contributed by atoms with Crippen LogP contribution in [-0.2, 0) is 6.18 Å². The minimum absolute atomic E-state index is 0.0353. The number of nitro benzene ring substituents is 1. The Morgan fingerprint density at radius 2 is 2.00 bits per heavy atom. The van der Waals surface area contributed by atoms with Gasteiger partial charge in [-0.1, -0.05) is 12.1 Å². The van der Waals surface area contributed by atoms with E-state index < -0.39 is 16.7 Å². The average Bonchev–Trinajstić information content (AvgIpc) is 2.61. The van der Waals surface area contributed by atoms with E-state index in [0.717, 1.165) is 12.1 Å². The summed E-state index contributed by atoms with van der Waals surface area (Å²) in [7, 11) is 1.57. The van der Waals surface area contributed by atoms with Gasteiger partial charge in [0.25, 0.3) is 5.69 Å². The second-order valence-electron chi connectivity index (χ2n) is 5.19. The largest absolute Gasteiger partial charge is 0.416 e. The van der Waals surface area contributed by atoms with Crippen LogP contribution in [0.3, 0.4) is 0 Å². The summed E-state index contributed by atoms with van der Waals surface area (Å²) >= 11 is 4.96. The molecular formula is C16H14F3N5O2S. The Balaban J connectivity index is 2.02. The minimum atomic E-state index is -4.46. The average molecular weight is 397 g/mol. The lowest BCUT2D eigenvalue weighted by Crippen LogP contribution is -2.24. The Bertz CT molecular complexity index is 887. The Labute approximate surface area is 157 Å². The molecule has 0 saturated heterocycles. The number of nitrogens with one attached hydrogen (secondary N) is 3. The lowest BCUT2D eigenvalue weighted by atomic mass is 10.2. The number of halogens is 3. The van der Waals surface area contributed by atoms with Gasteiger partial charge in [-0.3, -0.25) is 15.5 Å². The lowest BCUT2D eigenvalue weighted by molar-refractivity contribution is -0.383. The highest BCUT2D eigenvalue weighted by Crippen LogP contribution is 2.30. The Morgan fingerprint density at radius 3 is 2.63 bits per heavy atom. The van der Waals surface area contributed by atoms with Crippen molar-refractivity contribution in [2.24, 2.45) is 5.10 Å². The molecule has 0 radical (unpaired) electrons. The summed E-state index contributed by atoms with van der Waals surface area (Å²) in [5.74, 6) is 0. The van der Waals surface area contributed by atoms with E-state index in [1.165, 1.54) is 30.5 Å². The molecular weight excluding hydrogens is 383 g/mol. The molecule has 0 aliphatic carbocycles. The van der Waals surface area contributed by atoms with Gasteiger partial charge in [-0.2, -0.15) is 18.3 Å². The Morgan fingerprint density at radius 1 is 1.26 bits per heavy atom. The van der Waals surface area contributed by atoms with Crippen molar-refractivity contribution in [3.63, 3.8) is 0 Å². The zero-order valence-corrected chi connectivity index (χ0v) is 14.7. The maximum Gasteiger partial charge on any atom is 0.416 e. The van der Waals surface area contributed by atoms with E-state index >= 15 is 0 Å². The predicted octanol–water partition coefficient (Wildman–Crippen LogP) is 3.98. The zero-order valence-electron chi connectivity index (χ0n) is 13.9. The number of alkyl halides is 3. The predicted molar refractivity (Wildman–Crippen MR) is 101 cm³/mol. The molecule has 7 nitrogen and oxygen atoms in total. The molecule has 0 aliphatic heterocycles. The third-order valence-corrected chi connectivity index (χ3v) is 3.51. The second kappa shape index (κ2) is 8.45. The number of nitrogens with zero attached hydrogens (tertiary/aromatic N) is 2. The molecule has 0 aliphatic rings. The van der Waals surface area contributed by atoms with Crippen LogP contribution in [0.1, 0.15) is 11.1 Å². The van der Waals surface area contributed by atoms with Crippen molar-refractivity contribution in [3.8, 4) is 0 Å². The van der Waals surface area contributed by atoms with Gasteiger partial charge in [-0.15, -0.1) is 0 Å². The van der Waals surface area contributed by atoms with E-state index in [2.05, 4.69) is 21.2 Å². The maximum absolute atomic E-state index is 12.7. The SMILES string of the molecule is CNc1ccc(/C=N/NC(=S)Nc2cccc(C(F)(F)F)c2)cc1[N+](=O)[O-]. The first-order chi connectivity index (χ1) is 12.7. The molecule has 0 fully saturated rings. The van der Waals surface area contributed by atoms with E-state index in [1.807, 2.05) is 0 Å². The van der Waals surface area contributed by atoms with Crippen molar-refractivity contribution in [2.75, 3.05) is 17.7 Å². The molecule has 0 amide bonds. The molecule has 0 heterocycles. The van der Waals surface area contributed by atoms with Crippen molar-refractivity contribution in [1.29, 1.82) is 0 Å². The van der Waals surface area contributed by atoms with E-state index in [1.54, 1.807) is 13.1 Å². The number of benzene rings is 2. The number of rotatable bonds is 5. The summed E-state index contributed by atoms with van der Waals surface area (Å²) in [6, 6.07) is 8.98. The molecule has 142 valence electrons. The number of anilines is 2. The first kappa shape index (κ1) is 20.1. The van der Waals surface area contributed by atoms with Crippen LogP contribution in [0.4, 0.5) is 30.2 Å². The van der Waals surface area contributed by atoms with Crippen LogP contribution >= 0.6 is 12.2 Å². The molecule has 3 N–H and O–H groups in total. The van der Waals surface area contributed by atoms with Gasteiger partial charge in [0.05, 0.1) is 16.7 Å². The highest BCUT2D eigenvalue weighted by atomic mass is 32.1. The van der Waals surface area contributed by atoms with Crippen LogP contribution in [0.2, 0.25) is 0 Å². The summed E-state index contributed by atoms with van der Waals surface area (Å²) in [5.41, 5.74) is 2.45. The van der Waals surface area contributed by atoms with Crippen LogP contribution in [0.5, 0.6) is 0 Å². The monoisotopic (exact) mass is 397 g/mol. The van der Waals surface area contributed by atoms with Crippen molar-refractivity contribution in [2.45, 2.75) is 6.18 Å². The summed E-state index contributed by atoms with van der Waals surface area (Å²) in [4.78, 5) is 10.5. The van der Waals surface area contributed by atoms with E-state index in [-0.39, 0.29) is 16.5 Å². The van der Waals surface area contributed by atoms with Crippen molar-refractivity contribution in [3.05, 3.63) is 63.7 Å². The molecule has 0 aromatic heterocycles. The number of hydrogen-bond donors (Lipinski definition) is 3. The van der Waals surface area contributed by atoms with Gasteiger partial charge in [0.1, 0.15) is 5.69 Å². The number of nitro groups is 1. The quantitative estimate of drug-likeness (QED) is 0.306. The molecule has 11 heteroatoms. The lowest BCUT2D eigenvalue weighted by Gasteiger charge is -2.10. The summed E-state index contributed by atoms with van der Waals surface area (Å²) in [5, 5.41) is 20.1. The van der Waals surface area contributed by atoms with Crippen molar-refractivity contribution >= 4 is 40.6 Å². The molecule has 0 atom stereocenters.